The number of hydrogen-bond acceptors (Lipinski definition) is 7. The van der Waals surface area contributed by atoms with Crippen molar-refractivity contribution in [3.05, 3.63) is 23.3 Å². The van der Waals surface area contributed by atoms with Crippen LogP contribution < -0.4 is 4.18 Å². The fourth-order valence-corrected chi connectivity index (χ4v) is 3.40. The molecule has 0 aliphatic carbocycles. The van der Waals surface area contributed by atoms with Crippen molar-refractivity contribution >= 4 is 29.2 Å². The average molecular weight is 421 g/mol. The Balaban J connectivity index is 2.02. The van der Waals surface area contributed by atoms with E-state index >= 15 is 0 Å². The van der Waals surface area contributed by atoms with Gasteiger partial charge in [0.1, 0.15) is 11.4 Å². The number of carbonyl (C=O) groups is 1. The molecule has 2 rings (SSSR count). The molecule has 0 spiro atoms. The topological polar surface area (TPSA) is 76.2 Å². The van der Waals surface area contributed by atoms with Gasteiger partial charge in [0.2, 0.25) is 0 Å². The molecule has 1 saturated heterocycles. The molecule has 0 N–H and O–H groups in total. The molecule has 1 aliphatic heterocycles. The van der Waals surface area contributed by atoms with E-state index in [1.54, 1.807) is 17.9 Å². The first-order valence-electron chi connectivity index (χ1n) is 8.51. The molecule has 1 heterocycles. The molecule has 10 heteroatoms. The van der Waals surface area contributed by atoms with Gasteiger partial charge >= 0.3 is 16.6 Å². The maximum absolute atomic E-state index is 12.9. The van der Waals surface area contributed by atoms with Crippen LogP contribution in [0.25, 0.3) is 0 Å². The van der Waals surface area contributed by atoms with Crippen molar-refractivity contribution in [2.75, 3.05) is 26.2 Å². The van der Waals surface area contributed by atoms with Gasteiger partial charge in [-0.25, -0.2) is 4.79 Å². The average Bonchev–Trinajstić information content (AvgIpc) is 2.49. The van der Waals surface area contributed by atoms with E-state index in [4.69, 9.17) is 4.74 Å². The maximum atomic E-state index is 12.9. The van der Waals surface area contributed by atoms with Gasteiger partial charge in [-0.2, -0.15) is 8.42 Å². The van der Waals surface area contributed by atoms with Gasteiger partial charge in [-0.15, -0.1) is 12.6 Å². The lowest BCUT2D eigenvalue weighted by Crippen LogP contribution is -2.49. The van der Waals surface area contributed by atoms with Crippen molar-refractivity contribution in [1.82, 2.24) is 9.80 Å². The standard InChI is InChI=1S/C17H25FN2O5S2/c1-12-13(9-14(26)10-15(12)25-27(18,22)23)11-19-5-7-20(8-6-19)16(21)24-17(2,3)4/h9-10,26H,5-8,11H2,1-4H3. The Hall–Kier alpha value is -1.52. The molecule has 1 aromatic carbocycles. The Labute approximate surface area is 165 Å². The molecule has 152 valence electrons. The van der Waals surface area contributed by atoms with Gasteiger partial charge in [-0.05, 0) is 51.0 Å². The van der Waals surface area contributed by atoms with Crippen molar-refractivity contribution in [2.24, 2.45) is 0 Å². The summed E-state index contributed by atoms with van der Waals surface area (Å²) in [6.07, 6.45) is -0.334. The van der Waals surface area contributed by atoms with Gasteiger partial charge in [0.15, 0.2) is 0 Å². The largest absolute Gasteiger partial charge is 0.488 e. The highest BCUT2D eigenvalue weighted by molar-refractivity contribution is 7.81. The number of hydrogen-bond donors (Lipinski definition) is 1. The molecule has 0 bridgehead atoms. The summed E-state index contributed by atoms with van der Waals surface area (Å²) in [4.78, 5) is 16.4. The van der Waals surface area contributed by atoms with Gasteiger partial charge < -0.3 is 13.8 Å². The number of benzene rings is 1. The van der Waals surface area contributed by atoms with Crippen molar-refractivity contribution in [2.45, 2.75) is 44.7 Å². The summed E-state index contributed by atoms with van der Waals surface area (Å²) in [7, 11) is -5.10. The van der Waals surface area contributed by atoms with Gasteiger partial charge in [0, 0.05) is 37.6 Å². The lowest BCUT2D eigenvalue weighted by molar-refractivity contribution is 0.0139. The minimum Gasteiger partial charge on any atom is -0.444 e. The van der Waals surface area contributed by atoms with Crippen LogP contribution in [0.5, 0.6) is 5.75 Å². The first-order valence-corrected chi connectivity index (χ1v) is 10.3. The minimum absolute atomic E-state index is 0.0765. The van der Waals surface area contributed by atoms with Crippen LogP contribution >= 0.6 is 12.6 Å². The number of halogens is 1. The fourth-order valence-electron chi connectivity index (χ4n) is 2.74. The highest BCUT2D eigenvalue weighted by Gasteiger charge is 2.26. The van der Waals surface area contributed by atoms with E-state index in [9.17, 15) is 17.1 Å². The third kappa shape index (κ3) is 6.86. The van der Waals surface area contributed by atoms with Crippen molar-refractivity contribution in [1.29, 1.82) is 0 Å². The summed E-state index contributed by atoms with van der Waals surface area (Å²) in [5.74, 6) is -0.0765. The van der Waals surface area contributed by atoms with Crippen LogP contribution in [0.15, 0.2) is 17.0 Å². The molecule has 7 nitrogen and oxygen atoms in total. The summed E-state index contributed by atoms with van der Waals surface area (Å²) in [6.45, 7) is 9.96. The molecule has 1 fully saturated rings. The number of amides is 1. The first kappa shape index (κ1) is 21.8. The number of piperazine rings is 1. The van der Waals surface area contributed by atoms with E-state index in [-0.39, 0.29) is 11.8 Å². The zero-order valence-electron chi connectivity index (χ0n) is 15.9. The second-order valence-electron chi connectivity index (χ2n) is 7.45. The second-order valence-corrected chi connectivity index (χ2v) is 8.92. The lowest BCUT2D eigenvalue weighted by atomic mass is 10.1. The molecule has 0 unspecified atom stereocenters. The fraction of sp³-hybridized carbons (Fsp3) is 0.588. The molecular weight excluding hydrogens is 395 g/mol. The van der Waals surface area contributed by atoms with Gasteiger partial charge in [-0.1, -0.05) is 3.89 Å². The predicted octanol–water partition coefficient (Wildman–Crippen LogP) is 2.93. The van der Waals surface area contributed by atoms with E-state index in [1.165, 1.54) is 6.07 Å². The summed E-state index contributed by atoms with van der Waals surface area (Å²) in [5.41, 5.74) is 0.779. The molecule has 0 saturated carbocycles. The van der Waals surface area contributed by atoms with Crippen LogP contribution in [0.4, 0.5) is 8.68 Å². The first-order chi connectivity index (χ1) is 12.3. The van der Waals surface area contributed by atoms with E-state index in [0.717, 1.165) is 5.56 Å². The molecule has 0 aromatic heterocycles. The van der Waals surface area contributed by atoms with Crippen LogP contribution in [-0.4, -0.2) is 56.1 Å². The molecule has 27 heavy (non-hydrogen) atoms. The van der Waals surface area contributed by atoms with Crippen molar-refractivity contribution in [3.8, 4) is 5.75 Å². The Bertz CT molecular complexity index is 800. The van der Waals surface area contributed by atoms with Crippen LogP contribution in [0.1, 0.15) is 31.9 Å². The highest BCUT2D eigenvalue weighted by atomic mass is 32.3. The molecule has 0 radical (unpaired) electrons. The normalized spacial score (nSPS) is 16.3. The number of carbonyl (C=O) groups excluding carboxylic acids is 1. The van der Waals surface area contributed by atoms with Crippen LogP contribution in [0.2, 0.25) is 0 Å². The predicted molar refractivity (Wildman–Crippen MR) is 102 cm³/mol. The summed E-state index contributed by atoms with van der Waals surface area (Å²) in [5, 5.41) is 0. The second kappa shape index (κ2) is 8.24. The Kier molecular flexibility index (Phi) is 6.64. The number of rotatable bonds is 4. The minimum atomic E-state index is -5.10. The lowest BCUT2D eigenvalue weighted by Gasteiger charge is -2.35. The molecular formula is C17H25FN2O5S2. The summed E-state index contributed by atoms with van der Waals surface area (Å²) < 4.78 is 44.2. The summed E-state index contributed by atoms with van der Waals surface area (Å²) in [6, 6.07) is 3.15. The molecule has 1 aliphatic rings. The van der Waals surface area contributed by atoms with E-state index in [1.807, 2.05) is 20.8 Å². The third-order valence-corrected chi connectivity index (χ3v) is 4.70. The van der Waals surface area contributed by atoms with E-state index in [0.29, 0.717) is 43.2 Å². The monoisotopic (exact) mass is 420 g/mol. The SMILES string of the molecule is Cc1c(CN2CCN(C(=O)OC(C)(C)C)CC2)cc(S)cc1OS(=O)(=O)F. The number of thiol groups is 1. The quantitative estimate of drug-likeness (QED) is 0.596. The maximum Gasteiger partial charge on any atom is 0.488 e. The Morgan fingerprint density at radius 1 is 1.22 bits per heavy atom. The van der Waals surface area contributed by atoms with Crippen LogP contribution in [0.3, 0.4) is 0 Å². The van der Waals surface area contributed by atoms with E-state index in [2.05, 4.69) is 21.7 Å². The van der Waals surface area contributed by atoms with E-state index < -0.39 is 16.1 Å². The van der Waals surface area contributed by atoms with Crippen LogP contribution in [-0.2, 0) is 21.8 Å². The summed E-state index contributed by atoms with van der Waals surface area (Å²) >= 11 is 4.23. The highest BCUT2D eigenvalue weighted by Crippen LogP contribution is 2.28. The van der Waals surface area contributed by atoms with Gasteiger partial charge in [0.05, 0.1) is 0 Å². The van der Waals surface area contributed by atoms with Crippen molar-refractivity contribution in [3.63, 3.8) is 0 Å². The smallest absolute Gasteiger partial charge is 0.444 e. The number of nitrogens with zero attached hydrogens (tertiary/aromatic N) is 2. The number of ether oxygens (including phenoxy) is 1. The van der Waals surface area contributed by atoms with Gasteiger partial charge in [0.25, 0.3) is 0 Å². The zero-order chi connectivity index (χ0) is 20.4. The Morgan fingerprint density at radius 3 is 2.33 bits per heavy atom. The zero-order valence-corrected chi connectivity index (χ0v) is 17.6. The molecule has 1 aromatic rings. The third-order valence-electron chi connectivity index (χ3n) is 4.06. The van der Waals surface area contributed by atoms with Gasteiger partial charge in [-0.3, -0.25) is 4.90 Å². The molecule has 0 atom stereocenters. The van der Waals surface area contributed by atoms with Crippen LogP contribution in [0, 0.1) is 6.92 Å². The molecule has 1 amide bonds. The van der Waals surface area contributed by atoms with Crippen molar-refractivity contribution < 1.29 is 26.0 Å². The Morgan fingerprint density at radius 2 is 1.81 bits per heavy atom.